The van der Waals surface area contributed by atoms with Crippen LogP contribution in [-0.2, 0) is 0 Å². The number of nitrogens with zero attached hydrogens (tertiary/aromatic N) is 2. The minimum absolute atomic E-state index is 0.479. The molecule has 0 radical (unpaired) electrons. The van der Waals surface area contributed by atoms with E-state index >= 15 is 0 Å². The van der Waals surface area contributed by atoms with E-state index in [1.54, 1.807) is 19.5 Å². The summed E-state index contributed by atoms with van der Waals surface area (Å²) in [5.74, 6) is 0. The number of ether oxygens (including phenoxy) is 1. The fraction of sp³-hybridized carbons (Fsp3) is 0.125. The molecule has 0 bridgehead atoms. The molecular weight excluding hydrogens is 220 g/mol. The Labute approximate surface area is 88.2 Å². The van der Waals surface area contributed by atoms with Crippen molar-refractivity contribution in [3.8, 4) is 14.9 Å². The highest BCUT2D eigenvalue weighted by Gasteiger charge is 2.07. The van der Waals surface area contributed by atoms with E-state index in [-0.39, 0.29) is 0 Å². The van der Waals surface area contributed by atoms with Gasteiger partial charge in [0.2, 0.25) is 0 Å². The Balaban J connectivity index is 2.33. The normalized spacial score (nSPS) is 10.1. The van der Waals surface area contributed by atoms with Gasteiger partial charge in [-0.15, -0.1) is 11.3 Å². The molecule has 2 aromatic heterocycles. The van der Waals surface area contributed by atoms with Crippen LogP contribution in [0, 0.1) is 0 Å². The highest BCUT2D eigenvalue weighted by Crippen LogP contribution is 2.33. The van der Waals surface area contributed by atoms with E-state index < -0.39 is 0 Å². The summed E-state index contributed by atoms with van der Waals surface area (Å²) in [5.41, 5.74) is 0. The molecule has 0 aromatic carbocycles. The monoisotopic (exact) mass is 226 g/mol. The molecule has 0 spiro atoms. The van der Waals surface area contributed by atoms with Gasteiger partial charge in [0.1, 0.15) is 0 Å². The maximum Gasteiger partial charge on any atom is 0.273 e. The number of aldehydes is 1. The lowest BCUT2D eigenvalue weighted by Gasteiger charge is -1.87. The molecule has 0 aliphatic carbocycles. The first-order valence-corrected chi connectivity index (χ1v) is 5.38. The summed E-state index contributed by atoms with van der Waals surface area (Å²) in [6, 6.07) is 0. The lowest BCUT2D eigenvalue weighted by atomic mass is 10.5. The number of carbonyl (C=O) groups excluding carboxylic acids is 1. The summed E-state index contributed by atoms with van der Waals surface area (Å²) < 4.78 is 4.97. The van der Waals surface area contributed by atoms with E-state index in [1.807, 2.05) is 0 Å². The van der Waals surface area contributed by atoms with Gasteiger partial charge in [-0.25, -0.2) is 9.97 Å². The summed E-state index contributed by atoms with van der Waals surface area (Å²) >= 11 is 2.78. The number of aromatic nitrogens is 2. The van der Waals surface area contributed by atoms with Crippen LogP contribution in [0.4, 0.5) is 0 Å². The SMILES string of the molecule is COc1ncc(-c2cnc(C=O)s2)s1. The van der Waals surface area contributed by atoms with Crippen molar-refractivity contribution in [3.05, 3.63) is 17.4 Å². The molecule has 0 atom stereocenters. The van der Waals surface area contributed by atoms with Crippen molar-refractivity contribution >= 4 is 29.0 Å². The molecule has 6 heteroatoms. The van der Waals surface area contributed by atoms with Crippen LogP contribution < -0.4 is 4.74 Å². The van der Waals surface area contributed by atoms with Gasteiger partial charge in [0.15, 0.2) is 11.3 Å². The zero-order valence-corrected chi connectivity index (χ0v) is 8.89. The van der Waals surface area contributed by atoms with E-state index in [9.17, 15) is 4.79 Å². The molecule has 0 N–H and O–H groups in total. The first-order chi connectivity index (χ1) is 6.83. The average Bonchev–Trinajstić information content (AvgIpc) is 2.86. The van der Waals surface area contributed by atoms with Gasteiger partial charge in [0, 0.05) is 6.20 Å². The van der Waals surface area contributed by atoms with Gasteiger partial charge in [-0.3, -0.25) is 4.79 Å². The zero-order chi connectivity index (χ0) is 9.97. The van der Waals surface area contributed by atoms with Crippen molar-refractivity contribution < 1.29 is 9.53 Å². The second kappa shape index (κ2) is 3.85. The van der Waals surface area contributed by atoms with Gasteiger partial charge in [0.05, 0.1) is 23.1 Å². The third-order valence-corrected chi connectivity index (χ3v) is 3.60. The highest BCUT2D eigenvalue weighted by atomic mass is 32.1. The molecule has 0 fully saturated rings. The minimum atomic E-state index is 0.479. The van der Waals surface area contributed by atoms with E-state index in [4.69, 9.17) is 4.74 Å². The van der Waals surface area contributed by atoms with Gasteiger partial charge >= 0.3 is 0 Å². The van der Waals surface area contributed by atoms with Crippen LogP contribution in [0.5, 0.6) is 5.19 Å². The third-order valence-electron chi connectivity index (χ3n) is 1.53. The Morgan fingerprint density at radius 3 is 2.57 bits per heavy atom. The molecule has 2 heterocycles. The molecule has 2 rings (SSSR count). The standard InChI is InChI=1S/C8H6N2O2S2/c1-12-8-10-3-6(14-8)5-2-9-7(4-11)13-5/h2-4H,1H3. The maximum absolute atomic E-state index is 10.4. The Bertz CT molecular complexity index is 450. The fourth-order valence-corrected chi connectivity index (χ4v) is 2.45. The third kappa shape index (κ3) is 1.66. The molecule has 0 saturated carbocycles. The maximum atomic E-state index is 10.4. The average molecular weight is 226 g/mol. The van der Waals surface area contributed by atoms with Crippen LogP contribution in [-0.4, -0.2) is 23.4 Å². The van der Waals surface area contributed by atoms with Crippen molar-refractivity contribution in [2.75, 3.05) is 7.11 Å². The van der Waals surface area contributed by atoms with E-state index in [2.05, 4.69) is 9.97 Å². The Kier molecular flexibility index (Phi) is 2.55. The van der Waals surface area contributed by atoms with Crippen LogP contribution >= 0.6 is 22.7 Å². The van der Waals surface area contributed by atoms with Crippen LogP contribution in [0.1, 0.15) is 9.80 Å². The topological polar surface area (TPSA) is 52.1 Å². The van der Waals surface area contributed by atoms with Crippen LogP contribution in [0.25, 0.3) is 9.75 Å². The number of rotatable bonds is 3. The second-order valence-electron chi connectivity index (χ2n) is 2.38. The smallest absolute Gasteiger partial charge is 0.273 e. The largest absolute Gasteiger partial charge is 0.473 e. The van der Waals surface area contributed by atoms with Crippen LogP contribution in [0.15, 0.2) is 12.4 Å². The molecule has 72 valence electrons. The van der Waals surface area contributed by atoms with E-state index in [1.165, 1.54) is 22.7 Å². The van der Waals surface area contributed by atoms with Crippen molar-refractivity contribution in [3.63, 3.8) is 0 Å². The van der Waals surface area contributed by atoms with Crippen molar-refractivity contribution in [1.29, 1.82) is 0 Å². The molecule has 0 saturated heterocycles. The molecule has 0 aliphatic rings. The quantitative estimate of drug-likeness (QED) is 0.752. The lowest BCUT2D eigenvalue weighted by Crippen LogP contribution is -1.76. The van der Waals surface area contributed by atoms with Crippen molar-refractivity contribution in [2.24, 2.45) is 0 Å². The van der Waals surface area contributed by atoms with Gasteiger partial charge < -0.3 is 4.74 Å². The van der Waals surface area contributed by atoms with E-state index in [0.717, 1.165) is 16.0 Å². The lowest BCUT2D eigenvalue weighted by molar-refractivity contribution is 0.112. The Hall–Kier alpha value is -1.27. The minimum Gasteiger partial charge on any atom is -0.473 e. The Morgan fingerprint density at radius 1 is 1.29 bits per heavy atom. The molecule has 0 amide bonds. The van der Waals surface area contributed by atoms with Gasteiger partial charge in [-0.2, -0.15) is 0 Å². The highest BCUT2D eigenvalue weighted by molar-refractivity contribution is 7.23. The first-order valence-electron chi connectivity index (χ1n) is 3.74. The number of carbonyl (C=O) groups is 1. The molecule has 14 heavy (non-hydrogen) atoms. The molecule has 2 aromatic rings. The summed E-state index contributed by atoms with van der Waals surface area (Å²) in [6.45, 7) is 0. The van der Waals surface area contributed by atoms with E-state index in [0.29, 0.717) is 10.2 Å². The molecule has 0 aliphatic heterocycles. The predicted molar refractivity (Wildman–Crippen MR) is 55.2 cm³/mol. The summed E-state index contributed by atoms with van der Waals surface area (Å²) in [7, 11) is 1.58. The number of methoxy groups -OCH3 is 1. The number of hydrogen-bond donors (Lipinski definition) is 0. The van der Waals surface area contributed by atoms with Crippen molar-refractivity contribution in [2.45, 2.75) is 0 Å². The molecule has 4 nitrogen and oxygen atoms in total. The van der Waals surface area contributed by atoms with Gasteiger partial charge in [-0.1, -0.05) is 11.3 Å². The van der Waals surface area contributed by atoms with Gasteiger partial charge in [-0.05, 0) is 0 Å². The van der Waals surface area contributed by atoms with Crippen molar-refractivity contribution in [1.82, 2.24) is 9.97 Å². The number of thiazole rings is 2. The summed E-state index contributed by atoms with van der Waals surface area (Å²) in [5, 5.41) is 1.09. The molecule has 0 unspecified atom stereocenters. The van der Waals surface area contributed by atoms with Crippen LogP contribution in [0.3, 0.4) is 0 Å². The summed E-state index contributed by atoms with van der Waals surface area (Å²) in [4.78, 5) is 20.3. The Morgan fingerprint density at radius 2 is 2.00 bits per heavy atom. The predicted octanol–water partition coefficient (Wildman–Crippen LogP) is 2.09. The zero-order valence-electron chi connectivity index (χ0n) is 7.26. The first kappa shape index (κ1) is 9.29. The van der Waals surface area contributed by atoms with Gasteiger partial charge in [0.25, 0.3) is 5.19 Å². The summed E-state index contributed by atoms with van der Waals surface area (Å²) in [6.07, 6.45) is 4.12. The van der Waals surface area contributed by atoms with Crippen LogP contribution in [0.2, 0.25) is 0 Å². The second-order valence-corrected chi connectivity index (χ2v) is 4.43. The fourth-order valence-electron chi connectivity index (χ4n) is 0.922. The molecular formula is C8H6N2O2S2. The number of hydrogen-bond acceptors (Lipinski definition) is 6.